The van der Waals surface area contributed by atoms with Crippen LogP contribution in [0.3, 0.4) is 0 Å². The Labute approximate surface area is 124 Å². The van der Waals surface area contributed by atoms with Crippen LogP contribution in [0.4, 0.5) is 0 Å². The second-order valence-corrected chi connectivity index (χ2v) is 5.78. The van der Waals surface area contributed by atoms with Crippen LogP contribution in [-0.2, 0) is 4.79 Å². The number of aliphatic carboxylic acids is 1. The first kappa shape index (κ1) is 14.2. The molecule has 0 bridgehead atoms. The van der Waals surface area contributed by atoms with E-state index in [9.17, 15) is 4.79 Å². The van der Waals surface area contributed by atoms with E-state index in [1.54, 1.807) is 7.11 Å². The zero-order valence-corrected chi connectivity index (χ0v) is 12.2. The largest absolute Gasteiger partial charge is 0.493 e. The van der Waals surface area contributed by atoms with Crippen LogP contribution in [-0.4, -0.2) is 30.8 Å². The molecule has 1 aromatic rings. The summed E-state index contributed by atoms with van der Waals surface area (Å²) < 4.78 is 11.5. The van der Waals surface area contributed by atoms with Gasteiger partial charge in [-0.05, 0) is 31.7 Å². The van der Waals surface area contributed by atoms with Crippen molar-refractivity contribution in [3.63, 3.8) is 0 Å². The third-order valence-corrected chi connectivity index (χ3v) is 4.42. The van der Waals surface area contributed by atoms with Crippen molar-refractivity contribution >= 4 is 5.97 Å². The molecule has 1 aliphatic carbocycles. The van der Waals surface area contributed by atoms with E-state index >= 15 is 0 Å². The van der Waals surface area contributed by atoms with Crippen molar-refractivity contribution in [3.8, 4) is 11.5 Å². The number of hydrogen-bond donors (Lipinski definition) is 2. The Morgan fingerprint density at radius 3 is 2.76 bits per heavy atom. The average Bonchev–Trinajstić information content (AvgIpc) is 2.92. The predicted octanol–water partition coefficient (Wildman–Crippen LogP) is 2.36. The number of carbonyl (C=O) groups is 1. The third-order valence-electron chi connectivity index (χ3n) is 4.42. The Hall–Kier alpha value is -1.75. The summed E-state index contributed by atoms with van der Waals surface area (Å²) in [7, 11) is 1.63. The lowest BCUT2D eigenvalue weighted by Crippen LogP contribution is -2.26. The third kappa shape index (κ3) is 2.83. The number of nitrogens with one attached hydrogen (secondary N) is 1. The van der Waals surface area contributed by atoms with Crippen molar-refractivity contribution in [1.29, 1.82) is 0 Å². The molecule has 5 nitrogen and oxygen atoms in total. The first-order chi connectivity index (χ1) is 10.2. The van der Waals surface area contributed by atoms with Gasteiger partial charge in [-0.25, -0.2) is 0 Å². The fourth-order valence-corrected chi connectivity index (χ4v) is 2.91. The van der Waals surface area contributed by atoms with Crippen molar-refractivity contribution in [2.75, 3.05) is 13.7 Å². The van der Waals surface area contributed by atoms with Gasteiger partial charge in [-0.15, -0.1) is 0 Å². The van der Waals surface area contributed by atoms with E-state index in [-0.39, 0.29) is 18.1 Å². The van der Waals surface area contributed by atoms with Crippen LogP contribution in [0.25, 0.3) is 0 Å². The Morgan fingerprint density at radius 1 is 1.38 bits per heavy atom. The van der Waals surface area contributed by atoms with E-state index < -0.39 is 5.97 Å². The summed E-state index contributed by atoms with van der Waals surface area (Å²) in [4.78, 5) is 11.1. The highest BCUT2D eigenvalue weighted by molar-refractivity contribution is 5.71. The Morgan fingerprint density at radius 2 is 2.19 bits per heavy atom. The fraction of sp³-hybridized carbons (Fsp3) is 0.562. The molecule has 1 aromatic carbocycles. The zero-order chi connectivity index (χ0) is 14.8. The second-order valence-electron chi connectivity index (χ2n) is 5.78. The van der Waals surface area contributed by atoms with E-state index in [2.05, 4.69) is 5.32 Å². The number of hydrogen-bond acceptors (Lipinski definition) is 4. The number of carboxylic acids is 1. The molecule has 0 amide bonds. The smallest absolute Gasteiger partial charge is 0.307 e. The summed E-state index contributed by atoms with van der Waals surface area (Å²) in [6.45, 7) is 0.500. The second kappa shape index (κ2) is 5.93. The lowest BCUT2D eigenvalue weighted by molar-refractivity contribution is -0.141. The van der Waals surface area contributed by atoms with Crippen molar-refractivity contribution in [1.82, 2.24) is 5.32 Å². The lowest BCUT2D eigenvalue weighted by atomic mass is 9.95. The quantitative estimate of drug-likeness (QED) is 0.871. The van der Waals surface area contributed by atoms with Gasteiger partial charge >= 0.3 is 5.97 Å². The highest BCUT2D eigenvalue weighted by atomic mass is 16.5. The van der Waals surface area contributed by atoms with E-state index in [4.69, 9.17) is 14.6 Å². The van der Waals surface area contributed by atoms with E-state index in [1.807, 2.05) is 18.2 Å². The standard InChI is InChI=1S/C16H21NO4/c1-20-14-7-3-6-12(15(14)21-11-4-2-5-11)13-8-10(9-17-13)16(18)19/h3,6-7,10-11,13,17H,2,4-5,8-9H2,1H3,(H,18,19). The van der Waals surface area contributed by atoms with Crippen LogP contribution in [0, 0.1) is 5.92 Å². The molecule has 0 spiro atoms. The lowest BCUT2D eigenvalue weighted by Gasteiger charge is -2.29. The number of rotatable bonds is 5. The molecule has 2 fully saturated rings. The van der Waals surface area contributed by atoms with Gasteiger partial charge in [-0.2, -0.15) is 0 Å². The summed E-state index contributed by atoms with van der Waals surface area (Å²) in [5.74, 6) is 0.417. The summed E-state index contributed by atoms with van der Waals surface area (Å²) in [6.07, 6.45) is 4.21. The van der Waals surface area contributed by atoms with Crippen molar-refractivity contribution in [3.05, 3.63) is 23.8 Å². The van der Waals surface area contributed by atoms with Gasteiger partial charge in [0.15, 0.2) is 11.5 Å². The first-order valence-corrected chi connectivity index (χ1v) is 7.48. The minimum atomic E-state index is -0.741. The van der Waals surface area contributed by atoms with Crippen LogP contribution < -0.4 is 14.8 Å². The molecule has 2 unspecified atom stereocenters. The van der Waals surface area contributed by atoms with Gasteiger partial charge < -0.3 is 19.9 Å². The average molecular weight is 291 g/mol. The van der Waals surface area contributed by atoms with Crippen molar-refractivity contribution in [2.45, 2.75) is 37.8 Å². The van der Waals surface area contributed by atoms with Gasteiger partial charge in [0.25, 0.3) is 0 Å². The topological polar surface area (TPSA) is 67.8 Å². The number of para-hydroxylation sites is 1. The molecule has 2 aliphatic rings. The maximum atomic E-state index is 11.1. The highest BCUT2D eigenvalue weighted by Gasteiger charge is 2.33. The van der Waals surface area contributed by atoms with E-state index in [0.29, 0.717) is 13.0 Å². The summed E-state index contributed by atoms with van der Waals surface area (Å²) in [5.41, 5.74) is 1.00. The molecular weight excluding hydrogens is 270 g/mol. The SMILES string of the molecule is COc1cccc(C2CC(C(=O)O)CN2)c1OC1CCC1. The van der Waals surface area contributed by atoms with Crippen LogP contribution >= 0.6 is 0 Å². The van der Waals surface area contributed by atoms with Crippen molar-refractivity contribution in [2.24, 2.45) is 5.92 Å². The molecule has 2 atom stereocenters. The molecule has 1 saturated heterocycles. The zero-order valence-electron chi connectivity index (χ0n) is 12.2. The number of ether oxygens (including phenoxy) is 2. The van der Waals surface area contributed by atoms with Crippen LogP contribution in [0.15, 0.2) is 18.2 Å². The molecule has 0 aromatic heterocycles. The van der Waals surface area contributed by atoms with Crippen molar-refractivity contribution < 1.29 is 19.4 Å². The maximum absolute atomic E-state index is 11.1. The van der Waals surface area contributed by atoms with E-state index in [0.717, 1.165) is 29.9 Å². The molecule has 2 N–H and O–H groups in total. The fourth-order valence-electron chi connectivity index (χ4n) is 2.91. The molecule has 0 radical (unpaired) electrons. The van der Waals surface area contributed by atoms with Gasteiger partial charge in [-0.1, -0.05) is 12.1 Å². The minimum absolute atomic E-state index is 0.0104. The molecule has 1 aliphatic heterocycles. The Balaban J connectivity index is 1.85. The molecule has 114 valence electrons. The van der Waals surface area contributed by atoms with E-state index in [1.165, 1.54) is 6.42 Å². The Bertz CT molecular complexity index is 527. The molecule has 5 heteroatoms. The summed E-state index contributed by atoms with van der Waals surface area (Å²) in [5, 5.41) is 12.4. The maximum Gasteiger partial charge on any atom is 0.307 e. The number of carboxylic acid groups (broad SMARTS) is 1. The molecule has 1 heterocycles. The van der Waals surface area contributed by atoms with Gasteiger partial charge in [0.1, 0.15) is 0 Å². The number of methoxy groups -OCH3 is 1. The van der Waals surface area contributed by atoms with Crippen LogP contribution in [0.5, 0.6) is 11.5 Å². The summed E-state index contributed by atoms with van der Waals surface area (Å²) >= 11 is 0. The predicted molar refractivity (Wildman–Crippen MR) is 77.7 cm³/mol. The molecule has 21 heavy (non-hydrogen) atoms. The van der Waals surface area contributed by atoms with Crippen LogP contribution in [0.1, 0.15) is 37.3 Å². The van der Waals surface area contributed by atoms with Crippen LogP contribution in [0.2, 0.25) is 0 Å². The first-order valence-electron chi connectivity index (χ1n) is 7.48. The van der Waals surface area contributed by atoms with Gasteiger partial charge in [0.2, 0.25) is 0 Å². The molecule has 3 rings (SSSR count). The molecule has 1 saturated carbocycles. The Kier molecular flexibility index (Phi) is 4.01. The minimum Gasteiger partial charge on any atom is -0.493 e. The molecular formula is C16H21NO4. The van der Waals surface area contributed by atoms with Gasteiger partial charge in [0.05, 0.1) is 19.1 Å². The highest BCUT2D eigenvalue weighted by Crippen LogP contribution is 2.41. The van der Waals surface area contributed by atoms with Gasteiger partial charge in [-0.3, -0.25) is 4.79 Å². The number of benzene rings is 1. The summed E-state index contributed by atoms with van der Waals surface area (Å²) in [6, 6.07) is 5.83. The normalized spacial score (nSPS) is 25.4. The van der Waals surface area contributed by atoms with Gasteiger partial charge in [0, 0.05) is 18.2 Å². The monoisotopic (exact) mass is 291 g/mol.